The predicted molar refractivity (Wildman–Crippen MR) is 137 cm³/mol. The first-order valence-electron chi connectivity index (χ1n) is 12.1. The summed E-state index contributed by atoms with van der Waals surface area (Å²) in [5, 5.41) is 0. The molecule has 35 heavy (non-hydrogen) atoms. The first-order valence-corrected chi connectivity index (χ1v) is 15.8. The summed E-state index contributed by atoms with van der Waals surface area (Å²) in [6.07, 6.45) is 7.52. The van der Waals surface area contributed by atoms with E-state index in [1.807, 2.05) is 6.07 Å². The van der Waals surface area contributed by atoms with E-state index in [1.54, 1.807) is 23.0 Å². The fraction of sp³-hybridized carbons (Fsp3) is 0.385. The van der Waals surface area contributed by atoms with Crippen molar-refractivity contribution < 1.29 is 13.5 Å². The highest BCUT2D eigenvalue weighted by molar-refractivity contribution is 6.76. The summed E-state index contributed by atoms with van der Waals surface area (Å²) < 4.78 is 39.1. The molecule has 184 valence electrons. The minimum absolute atomic E-state index is 0.0884. The van der Waals surface area contributed by atoms with E-state index in [9.17, 15) is 8.78 Å². The Morgan fingerprint density at radius 3 is 2.69 bits per heavy atom. The number of fused-ring (bicyclic) bond motifs is 2. The molecule has 3 aromatic heterocycles. The van der Waals surface area contributed by atoms with Gasteiger partial charge < -0.3 is 19.4 Å². The van der Waals surface area contributed by atoms with E-state index in [0.29, 0.717) is 12.3 Å². The molecule has 0 radical (unpaired) electrons. The second kappa shape index (κ2) is 9.20. The third kappa shape index (κ3) is 4.62. The molecule has 2 N–H and O–H groups in total. The quantitative estimate of drug-likeness (QED) is 0.196. The molecule has 9 heteroatoms. The van der Waals surface area contributed by atoms with Crippen LogP contribution in [0.4, 0.5) is 14.5 Å². The van der Waals surface area contributed by atoms with Gasteiger partial charge in [0.1, 0.15) is 24.6 Å². The average Bonchev–Trinajstić information content (AvgIpc) is 3.39. The van der Waals surface area contributed by atoms with Crippen LogP contribution in [0.1, 0.15) is 24.2 Å². The molecule has 0 spiro atoms. The molecule has 1 aromatic carbocycles. The molecule has 0 atom stereocenters. The van der Waals surface area contributed by atoms with Gasteiger partial charge >= 0.3 is 0 Å². The van der Waals surface area contributed by atoms with E-state index < -0.39 is 19.7 Å². The summed E-state index contributed by atoms with van der Waals surface area (Å²) in [6.45, 7) is 8.20. The van der Waals surface area contributed by atoms with Crippen molar-refractivity contribution in [3.05, 3.63) is 59.8 Å². The van der Waals surface area contributed by atoms with Gasteiger partial charge in [-0.25, -0.2) is 18.7 Å². The van der Waals surface area contributed by atoms with Crippen LogP contribution >= 0.6 is 0 Å². The van der Waals surface area contributed by atoms with Gasteiger partial charge in [-0.05, 0) is 49.9 Å². The van der Waals surface area contributed by atoms with E-state index >= 15 is 0 Å². The van der Waals surface area contributed by atoms with Crippen molar-refractivity contribution in [3.63, 3.8) is 0 Å². The molecule has 6 nitrogen and oxygen atoms in total. The normalized spacial score (nSPS) is 14.0. The number of aryl methyl sites for hydroxylation is 1. The number of aromatic nitrogens is 4. The van der Waals surface area contributed by atoms with Crippen molar-refractivity contribution in [1.82, 2.24) is 18.9 Å². The topological polar surface area (TPSA) is 70.4 Å². The van der Waals surface area contributed by atoms with Crippen molar-refractivity contribution in [2.24, 2.45) is 0 Å². The Balaban J connectivity index is 1.52. The van der Waals surface area contributed by atoms with Gasteiger partial charge in [0.05, 0.1) is 22.5 Å². The van der Waals surface area contributed by atoms with E-state index in [0.717, 1.165) is 61.1 Å². The lowest BCUT2D eigenvalue weighted by atomic mass is 10.0. The number of pyridine rings is 1. The van der Waals surface area contributed by atoms with Crippen LogP contribution in [0.2, 0.25) is 25.7 Å². The van der Waals surface area contributed by atoms with Crippen molar-refractivity contribution in [1.29, 1.82) is 0 Å². The van der Waals surface area contributed by atoms with Crippen molar-refractivity contribution in [2.45, 2.75) is 58.1 Å². The van der Waals surface area contributed by atoms with E-state index in [-0.39, 0.29) is 11.3 Å². The maximum absolute atomic E-state index is 14.6. The first kappa shape index (κ1) is 23.7. The third-order valence-corrected chi connectivity index (χ3v) is 8.31. The number of nitrogens with zero attached hydrogens (tertiary/aromatic N) is 4. The lowest BCUT2D eigenvalue weighted by molar-refractivity contribution is 0.0861. The van der Waals surface area contributed by atoms with Gasteiger partial charge in [0, 0.05) is 32.1 Å². The number of hydrogen-bond donors (Lipinski definition) is 1. The van der Waals surface area contributed by atoms with Gasteiger partial charge in [-0.1, -0.05) is 25.7 Å². The summed E-state index contributed by atoms with van der Waals surface area (Å²) in [6, 6.07) is 7.03. The second-order valence-corrected chi connectivity index (χ2v) is 16.1. The molecular weight excluding hydrogens is 464 g/mol. The van der Waals surface area contributed by atoms with E-state index in [4.69, 9.17) is 15.5 Å². The summed E-state index contributed by atoms with van der Waals surface area (Å²) in [5.74, 6) is -0.639. The summed E-state index contributed by atoms with van der Waals surface area (Å²) in [5.41, 5.74) is 9.71. The molecule has 0 bridgehead atoms. The molecule has 4 aromatic rings. The number of ether oxygens (including phenoxy) is 1. The van der Waals surface area contributed by atoms with Gasteiger partial charge in [-0.3, -0.25) is 0 Å². The van der Waals surface area contributed by atoms with Crippen LogP contribution in [0.15, 0.2) is 36.8 Å². The number of rotatable bonds is 7. The van der Waals surface area contributed by atoms with E-state index in [2.05, 4.69) is 29.2 Å². The minimum Gasteiger partial charge on any atom is -0.396 e. The molecule has 3 heterocycles. The van der Waals surface area contributed by atoms with Crippen molar-refractivity contribution in [3.8, 4) is 22.6 Å². The highest BCUT2D eigenvalue weighted by Gasteiger charge is 2.24. The highest BCUT2D eigenvalue weighted by atomic mass is 28.3. The van der Waals surface area contributed by atoms with Crippen LogP contribution in [0.3, 0.4) is 0 Å². The van der Waals surface area contributed by atoms with Crippen LogP contribution < -0.4 is 5.73 Å². The number of nitrogens with two attached hydrogens (primary N) is 1. The monoisotopic (exact) mass is 495 g/mol. The molecule has 0 saturated heterocycles. The Labute approximate surface area is 204 Å². The Morgan fingerprint density at radius 2 is 1.89 bits per heavy atom. The molecule has 1 aliphatic rings. The summed E-state index contributed by atoms with van der Waals surface area (Å²) in [4.78, 5) is 9.62. The number of hydrogen-bond acceptors (Lipinski definition) is 4. The van der Waals surface area contributed by atoms with Gasteiger partial charge in [-0.2, -0.15) is 0 Å². The second-order valence-electron chi connectivity index (χ2n) is 10.4. The largest absolute Gasteiger partial charge is 0.396 e. The minimum atomic E-state index is -1.18. The summed E-state index contributed by atoms with van der Waals surface area (Å²) >= 11 is 0. The highest BCUT2D eigenvalue weighted by Crippen LogP contribution is 2.33. The molecular formula is C26H31F2N5OSi. The fourth-order valence-corrected chi connectivity index (χ4v) is 5.36. The molecule has 0 aliphatic heterocycles. The molecule has 0 saturated carbocycles. The van der Waals surface area contributed by atoms with Crippen LogP contribution in [0.25, 0.3) is 28.2 Å². The van der Waals surface area contributed by atoms with Gasteiger partial charge in [0.15, 0.2) is 11.6 Å². The Morgan fingerprint density at radius 1 is 1.09 bits per heavy atom. The molecule has 0 unspecified atom stereocenters. The zero-order chi connectivity index (χ0) is 24.7. The molecule has 0 amide bonds. The van der Waals surface area contributed by atoms with Crippen LogP contribution in [0.5, 0.6) is 0 Å². The molecule has 5 rings (SSSR count). The zero-order valence-electron chi connectivity index (χ0n) is 20.4. The zero-order valence-corrected chi connectivity index (χ0v) is 21.4. The third-order valence-electron chi connectivity index (χ3n) is 6.60. The molecule has 1 aliphatic carbocycles. The van der Waals surface area contributed by atoms with Gasteiger partial charge in [-0.15, -0.1) is 0 Å². The smallest absolute Gasteiger partial charge is 0.163 e. The van der Waals surface area contributed by atoms with Crippen molar-refractivity contribution >= 4 is 19.3 Å². The maximum atomic E-state index is 14.6. The summed E-state index contributed by atoms with van der Waals surface area (Å²) in [7, 11) is -1.18. The SMILES string of the molecule is C[Si](C)(C)CCOCn1c(-c2ncn3cc(-c4c(F)ccc(N)c4F)ccc23)nc2c1CCCC2. The Bertz CT molecular complexity index is 1390. The Hall–Kier alpha value is -3.04. The van der Waals surface area contributed by atoms with Crippen LogP contribution in [0, 0.1) is 11.6 Å². The van der Waals surface area contributed by atoms with Crippen LogP contribution in [-0.2, 0) is 24.3 Å². The number of nitrogen functional groups attached to an aromatic ring is 1. The molecule has 0 fully saturated rings. The lowest BCUT2D eigenvalue weighted by Crippen LogP contribution is -2.22. The number of benzene rings is 1. The van der Waals surface area contributed by atoms with Crippen LogP contribution in [-0.4, -0.2) is 33.6 Å². The Kier molecular flexibility index (Phi) is 6.23. The first-order chi connectivity index (χ1) is 16.7. The van der Waals surface area contributed by atoms with Gasteiger partial charge in [0.2, 0.25) is 0 Å². The standard InChI is InChI=1S/C26H31F2N5OSi/c1-35(2,3)13-12-34-16-33-21-7-5-4-6-20(21)31-26(33)25-22-11-8-17(14-32(22)15-30-25)23-18(27)9-10-19(29)24(23)28/h8-11,14-15H,4-7,12-13,16,29H2,1-3H3. The average molecular weight is 496 g/mol. The predicted octanol–water partition coefficient (Wildman–Crippen LogP) is 5.92. The van der Waals surface area contributed by atoms with E-state index in [1.165, 1.54) is 17.8 Å². The fourth-order valence-electron chi connectivity index (χ4n) is 4.61. The number of halogens is 2. The van der Waals surface area contributed by atoms with Gasteiger partial charge in [0.25, 0.3) is 0 Å². The van der Waals surface area contributed by atoms with Crippen molar-refractivity contribution in [2.75, 3.05) is 12.3 Å². The maximum Gasteiger partial charge on any atom is 0.163 e. The number of anilines is 1. The lowest BCUT2D eigenvalue weighted by Gasteiger charge is -2.18. The number of imidazole rings is 2.